The first kappa shape index (κ1) is 17.5. The van der Waals surface area contributed by atoms with Gasteiger partial charge in [-0.05, 0) is 30.3 Å². The molecule has 126 valence electrons. The highest BCUT2D eigenvalue weighted by molar-refractivity contribution is 6.07. The van der Waals surface area contributed by atoms with Crippen LogP contribution in [0.3, 0.4) is 0 Å². The maximum Gasteiger partial charge on any atom is 0.416 e. The third-order valence-electron chi connectivity index (χ3n) is 3.11. The molecule has 0 heterocycles. The number of carbonyl (C=O) groups is 2. The average Bonchev–Trinajstić information content (AvgIpc) is 2.54. The van der Waals surface area contributed by atoms with Gasteiger partial charge >= 0.3 is 12.2 Å². The number of amides is 2. The highest BCUT2D eigenvalue weighted by Gasteiger charge is 2.30. The van der Waals surface area contributed by atoms with Gasteiger partial charge in [-0.15, -0.1) is 0 Å². The number of urea groups is 1. The van der Waals surface area contributed by atoms with Crippen molar-refractivity contribution in [3.8, 4) is 0 Å². The van der Waals surface area contributed by atoms with E-state index in [4.69, 9.17) is 5.73 Å². The molecule has 0 aliphatic carbocycles. The van der Waals surface area contributed by atoms with E-state index in [0.29, 0.717) is 0 Å². The second-order valence-electron chi connectivity index (χ2n) is 4.83. The summed E-state index contributed by atoms with van der Waals surface area (Å²) in [5.41, 5.74) is 4.84. The molecule has 0 bridgehead atoms. The summed E-state index contributed by atoms with van der Waals surface area (Å²) in [5.74, 6) is -0.370. The zero-order valence-electron chi connectivity index (χ0n) is 12.4. The van der Waals surface area contributed by atoms with Crippen molar-refractivity contribution in [1.82, 2.24) is 0 Å². The number of Topliss-reactive ketones (excluding diaryl/α,β-unsaturated/α-hetero) is 1. The SMILES string of the molecule is NCC(=O)c1ccccc1NC(=O)Nc1cccc(C(F)(F)F)c1. The number of anilines is 2. The maximum absolute atomic E-state index is 12.7. The van der Waals surface area contributed by atoms with Crippen LogP contribution >= 0.6 is 0 Å². The lowest BCUT2D eigenvalue weighted by Crippen LogP contribution is -2.22. The van der Waals surface area contributed by atoms with Crippen molar-refractivity contribution in [1.29, 1.82) is 0 Å². The molecule has 0 fully saturated rings. The second kappa shape index (κ2) is 7.14. The Bertz CT molecular complexity index is 760. The third kappa shape index (κ3) is 4.32. The first-order valence-corrected chi connectivity index (χ1v) is 6.89. The van der Waals surface area contributed by atoms with Gasteiger partial charge in [-0.1, -0.05) is 18.2 Å². The summed E-state index contributed by atoms with van der Waals surface area (Å²) in [4.78, 5) is 23.7. The topological polar surface area (TPSA) is 84.2 Å². The van der Waals surface area contributed by atoms with E-state index in [9.17, 15) is 22.8 Å². The van der Waals surface area contributed by atoms with Gasteiger partial charge in [-0.25, -0.2) is 4.79 Å². The van der Waals surface area contributed by atoms with Crippen LogP contribution in [0.15, 0.2) is 48.5 Å². The first-order valence-electron chi connectivity index (χ1n) is 6.89. The molecule has 4 N–H and O–H groups in total. The van der Waals surface area contributed by atoms with Crippen molar-refractivity contribution in [2.75, 3.05) is 17.2 Å². The second-order valence-corrected chi connectivity index (χ2v) is 4.83. The minimum absolute atomic E-state index is 0.0232. The minimum atomic E-state index is -4.51. The Morgan fingerprint density at radius 1 is 1.00 bits per heavy atom. The van der Waals surface area contributed by atoms with Crippen LogP contribution < -0.4 is 16.4 Å². The number of ketones is 1. The summed E-state index contributed by atoms with van der Waals surface area (Å²) in [6.45, 7) is -0.228. The van der Waals surface area contributed by atoms with E-state index in [0.717, 1.165) is 12.1 Å². The van der Waals surface area contributed by atoms with Crippen LogP contribution in [0.25, 0.3) is 0 Å². The van der Waals surface area contributed by atoms with Gasteiger partial charge in [-0.3, -0.25) is 4.79 Å². The Morgan fingerprint density at radius 3 is 2.38 bits per heavy atom. The van der Waals surface area contributed by atoms with Gasteiger partial charge in [0.05, 0.1) is 17.8 Å². The van der Waals surface area contributed by atoms with Gasteiger partial charge < -0.3 is 16.4 Å². The number of nitrogens with two attached hydrogens (primary N) is 1. The predicted molar refractivity (Wildman–Crippen MR) is 83.9 cm³/mol. The number of hydrogen-bond acceptors (Lipinski definition) is 3. The summed E-state index contributed by atoms with van der Waals surface area (Å²) < 4.78 is 38.0. The van der Waals surface area contributed by atoms with E-state index < -0.39 is 17.8 Å². The van der Waals surface area contributed by atoms with Gasteiger partial charge in [0.1, 0.15) is 0 Å². The van der Waals surface area contributed by atoms with Gasteiger partial charge in [-0.2, -0.15) is 13.2 Å². The molecule has 0 saturated carbocycles. The molecule has 0 saturated heterocycles. The molecule has 0 atom stereocenters. The lowest BCUT2D eigenvalue weighted by Gasteiger charge is -2.12. The zero-order valence-corrected chi connectivity index (χ0v) is 12.4. The Hall–Kier alpha value is -2.87. The molecule has 5 nitrogen and oxygen atoms in total. The van der Waals surface area contributed by atoms with Crippen LogP contribution in [0.2, 0.25) is 0 Å². The lowest BCUT2D eigenvalue weighted by atomic mass is 10.1. The summed E-state index contributed by atoms with van der Waals surface area (Å²) in [7, 11) is 0. The summed E-state index contributed by atoms with van der Waals surface area (Å²) >= 11 is 0. The van der Waals surface area contributed by atoms with Gasteiger partial charge in [0.25, 0.3) is 0 Å². The first-order chi connectivity index (χ1) is 11.3. The van der Waals surface area contributed by atoms with E-state index >= 15 is 0 Å². The minimum Gasteiger partial charge on any atom is -0.324 e. The number of benzene rings is 2. The molecule has 0 spiro atoms. The van der Waals surface area contributed by atoms with Crippen molar-refractivity contribution in [2.24, 2.45) is 5.73 Å². The van der Waals surface area contributed by atoms with Crippen LogP contribution in [-0.2, 0) is 6.18 Å². The van der Waals surface area contributed by atoms with E-state index in [1.807, 2.05) is 0 Å². The van der Waals surface area contributed by atoms with Crippen LogP contribution in [-0.4, -0.2) is 18.4 Å². The molecule has 2 aromatic carbocycles. The number of rotatable bonds is 4. The smallest absolute Gasteiger partial charge is 0.324 e. The number of carbonyl (C=O) groups excluding carboxylic acids is 2. The van der Waals surface area contributed by atoms with E-state index in [1.54, 1.807) is 12.1 Å². The fourth-order valence-corrected chi connectivity index (χ4v) is 2.00. The molecule has 0 aliphatic rings. The Morgan fingerprint density at radius 2 is 1.71 bits per heavy atom. The fraction of sp³-hybridized carbons (Fsp3) is 0.125. The third-order valence-corrected chi connectivity index (χ3v) is 3.11. The largest absolute Gasteiger partial charge is 0.416 e. The van der Waals surface area contributed by atoms with E-state index in [1.165, 1.54) is 24.3 Å². The van der Waals surface area contributed by atoms with E-state index in [2.05, 4.69) is 10.6 Å². The summed E-state index contributed by atoms with van der Waals surface area (Å²) in [6, 6.07) is 9.66. The van der Waals surface area contributed by atoms with E-state index in [-0.39, 0.29) is 29.3 Å². The molecule has 2 aromatic rings. The zero-order chi connectivity index (χ0) is 17.7. The predicted octanol–water partition coefficient (Wildman–Crippen LogP) is 3.49. The Balaban J connectivity index is 2.14. The number of halogens is 3. The molecule has 2 rings (SSSR count). The van der Waals surface area contributed by atoms with Crippen molar-refractivity contribution in [2.45, 2.75) is 6.18 Å². The molecule has 8 heteroatoms. The van der Waals surface area contributed by atoms with Crippen molar-refractivity contribution in [3.05, 3.63) is 59.7 Å². The van der Waals surface area contributed by atoms with Gasteiger partial charge in [0.15, 0.2) is 5.78 Å². The molecule has 2 amide bonds. The van der Waals surface area contributed by atoms with Crippen LogP contribution in [0.5, 0.6) is 0 Å². The standard InChI is InChI=1S/C16H14F3N3O2/c17-16(18,19)10-4-3-5-11(8-10)21-15(24)22-13-7-2-1-6-12(13)14(23)9-20/h1-8H,9,20H2,(H2,21,22,24). The van der Waals surface area contributed by atoms with Gasteiger partial charge in [0, 0.05) is 11.3 Å². The van der Waals surface area contributed by atoms with Crippen molar-refractivity contribution in [3.63, 3.8) is 0 Å². The number of para-hydroxylation sites is 1. The maximum atomic E-state index is 12.7. The van der Waals surface area contributed by atoms with Crippen LogP contribution in [0.1, 0.15) is 15.9 Å². The normalized spacial score (nSPS) is 11.0. The molecular weight excluding hydrogens is 323 g/mol. The quantitative estimate of drug-likeness (QED) is 0.747. The molecule has 0 unspecified atom stereocenters. The molecular formula is C16H14F3N3O2. The highest BCUT2D eigenvalue weighted by Crippen LogP contribution is 2.30. The molecule has 0 aromatic heterocycles. The van der Waals surface area contributed by atoms with Crippen molar-refractivity contribution >= 4 is 23.2 Å². The molecule has 0 aliphatic heterocycles. The van der Waals surface area contributed by atoms with Crippen LogP contribution in [0, 0.1) is 0 Å². The van der Waals surface area contributed by atoms with Crippen molar-refractivity contribution < 1.29 is 22.8 Å². The summed E-state index contributed by atoms with van der Waals surface area (Å²) in [6.07, 6.45) is -4.51. The highest BCUT2D eigenvalue weighted by atomic mass is 19.4. The lowest BCUT2D eigenvalue weighted by molar-refractivity contribution is -0.137. The number of alkyl halides is 3. The number of nitrogens with one attached hydrogen (secondary N) is 2. The number of hydrogen-bond donors (Lipinski definition) is 3. The van der Waals surface area contributed by atoms with Gasteiger partial charge in [0.2, 0.25) is 0 Å². The molecule has 24 heavy (non-hydrogen) atoms. The average molecular weight is 337 g/mol. The Labute approximate surface area is 135 Å². The molecule has 0 radical (unpaired) electrons. The van der Waals surface area contributed by atoms with Crippen LogP contribution in [0.4, 0.5) is 29.3 Å². The summed E-state index contributed by atoms with van der Waals surface area (Å²) in [5, 5.41) is 4.72. The monoisotopic (exact) mass is 337 g/mol. The fourth-order valence-electron chi connectivity index (χ4n) is 2.00. The Kier molecular flexibility index (Phi) is 5.20.